The van der Waals surface area contributed by atoms with Crippen LogP contribution >= 0.6 is 0 Å². The van der Waals surface area contributed by atoms with Gasteiger partial charge in [0.05, 0.1) is 17.2 Å². The van der Waals surface area contributed by atoms with Gasteiger partial charge in [-0.15, -0.1) is 0 Å². The van der Waals surface area contributed by atoms with Crippen LogP contribution in [0.2, 0.25) is 0 Å². The van der Waals surface area contributed by atoms with Crippen molar-refractivity contribution in [1.82, 2.24) is 4.31 Å². The number of carbonyl (C=O) groups is 2. The Morgan fingerprint density at radius 2 is 1.97 bits per heavy atom. The van der Waals surface area contributed by atoms with Crippen LogP contribution in [0.3, 0.4) is 0 Å². The van der Waals surface area contributed by atoms with E-state index < -0.39 is 68.1 Å². The molecule has 1 N–H and O–H groups in total. The Labute approximate surface area is 179 Å². The number of halogens is 3. The highest BCUT2D eigenvalue weighted by Crippen LogP contribution is 2.39. The predicted octanol–water partition coefficient (Wildman–Crippen LogP) is 2.87. The van der Waals surface area contributed by atoms with Gasteiger partial charge >= 0.3 is 12.1 Å². The summed E-state index contributed by atoms with van der Waals surface area (Å²) in [7, 11) is -4.59. The summed E-state index contributed by atoms with van der Waals surface area (Å²) in [5.41, 5.74) is -3.07. The van der Waals surface area contributed by atoms with E-state index in [0.29, 0.717) is 10.4 Å². The second-order valence-electron chi connectivity index (χ2n) is 7.58. The summed E-state index contributed by atoms with van der Waals surface area (Å²) in [5.74, 6) is -3.61. The SMILES string of the molecule is CC1(C)CN(S(=O)(=O)c2ccc(C(=O)O)o2)C(=O)C1Oc1ccc(C#N)c(C(F)(F)F)c1. The molecule has 1 aliphatic rings. The fourth-order valence-corrected chi connectivity index (χ4v) is 4.64. The van der Waals surface area contributed by atoms with E-state index in [1.807, 2.05) is 0 Å². The molecular formula is C19H15F3N2O7S. The van der Waals surface area contributed by atoms with Crippen LogP contribution in [0.5, 0.6) is 5.75 Å². The van der Waals surface area contributed by atoms with Crippen LogP contribution in [0.15, 0.2) is 39.8 Å². The summed E-state index contributed by atoms with van der Waals surface area (Å²) in [6.07, 6.45) is -6.34. The molecule has 2 heterocycles. The van der Waals surface area contributed by atoms with Gasteiger partial charge < -0.3 is 14.3 Å². The van der Waals surface area contributed by atoms with Crippen LogP contribution in [-0.4, -0.2) is 42.4 Å². The molecule has 1 fully saturated rings. The number of alkyl halides is 3. The lowest BCUT2D eigenvalue weighted by atomic mass is 9.89. The molecule has 1 amide bonds. The van der Waals surface area contributed by atoms with Gasteiger partial charge in [0.1, 0.15) is 5.75 Å². The molecule has 1 saturated heterocycles. The smallest absolute Gasteiger partial charge is 0.417 e. The molecular weight excluding hydrogens is 457 g/mol. The molecule has 9 nitrogen and oxygen atoms in total. The van der Waals surface area contributed by atoms with Gasteiger partial charge in [-0.1, -0.05) is 13.8 Å². The average molecular weight is 472 g/mol. The van der Waals surface area contributed by atoms with E-state index in [-0.39, 0.29) is 5.75 Å². The molecule has 3 rings (SSSR count). The summed E-state index contributed by atoms with van der Waals surface area (Å²) in [5, 5.41) is 17.0. The summed E-state index contributed by atoms with van der Waals surface area (Å²) in [6, 6.07) is 5.72. The zero-order valence-electron chi connectivity index (χ0n) is 16.5. The first-order valence-electron chi connectivity index (χ1n) is 8.86. The largest absolute Gasteiger partial charge is 0.480 e. The van der Waals surface area contributed by atoms with Crippen molar-refractivity contribution in [3.63, 3.8) is 0 Å². The lowest BCUT2D eigenvalue weighted by Crippen LogP contribution is -2.38. The topological polar surface area (TPSA) is 138 Å². The molecule has 170 valence electrons. The second-order valence-corrected chi connectivity index (χ2v) is 9.37. The Balaban J connectivity index is 1.94. The number of ether oxygens (including phenoxy) is 1. The Morgan fingerprint density at radius 3 is 2.50 bits per heavy atom. The molecule has 0 bridgehead atoms. The number of sulfonamides is 1. The lowest BCUT2D eigenvalue weighted by Gasteiger charge is -2.24. The molecule has 2 aromatic rings. The van der Waals surface area contributed by atoms with E-state index in [9.17, 15) is 31.2 Å². The van der Waals surface area contributed by atoms with Crippen LogP contribution in [0.4, 0.5) is 13.2 Å². The van der Waals surface area contributed by atoms with Crippen molar-refractivity contribution < 1.29 is 45.4 Å². The maximum atomic E-state index is 13.2. The number of hydrogen-bond donors (Lipinski definition) is 1. The molecule has 0 saturated carbocycles. The summed E-state index contributed by atoms with van der Waals surface area (Å²) in [6.45, 7) is 2.55. The van der Waals surface area contributed by atoms with Crippen LogP contribution < -0.4 is 4.74 Å². The molecule has 1 unspecified atom stereocenters. The third-order valence-electron chi connectivity index (χ3n) is 4.74. The van der Waals surface area contributed by atoms with E-state index in [4.69, 9.17) is 19.5 Å². The Kier molecular flexibility index (Phi) is 5.46. The third kappa shape index (κ3) is 4.01. The molecule has 1 aromatic carbocycles. The maximum Gasteiger partial charge on any atom is 0.417 e. The minimum Gasteiger partial charge on any atom is -0.480 e. The van der Waals surface area contributed by atoms with Crippen LogP contribution in [0, 0.1) is 16.7 Å². The number of carbonyl (C=O) groups excluding carboxylic acids is 1. The fourth-order valence-electron chi connectivity index (χ4n) is 3.16. The molecule has 0 radical (unpaired) electrons. The number of benzene rings is 1. The Morgan fingerprint density at radius 1 is 1.31 bits per heavy atom. The van der Waals surface area contributed by atoms with Gasteiger partial charge in [0.25, 0.3) is 15.9 Å². The number of carboxylic acid groups (broad SMARTS) is 1. The standard InChI is InChI=1S/C19H15F3N2O7S/c1-18(2)9-24(32(28,29)14-6-5-13(31-14)17(26)27)16(25)15(18)30-11-4-3-10(8-23)12(7-11)19(20,21)22/h3-7,15H,9H2,1-2H3,(H,26,27). The summed E-state index contributed by atoms with van der Waals surface area (Å²) >= 11 is 0. The maximum absolute atomic E-state index is 13.2. The first-order valence-corrected chi connectivity index (χ1v) is 10.3. The Bertz CT molecular complexity index is 1240. The van der Waals surface area contributed by atoms with E-state index in [0.717, 1.165) is 24.3 Å². The molecule has 1 atom stereocenters. The highest BCUT2D eigenvalue weighted by atomic mass is 32.2. The monoisotopic (exact) mass is 472 g/mol. The minimum atomic E-state index is -4.85. The van der Waals surface area contributed by atoms with Gasteiger partial charge in [-0.2, -0.15) is 26.9 Å². The van der Waals surface area contributed by atoms with Crippen molar-refractivity contribution in [3.05, 3.63) is 47.2 Å². The fraction of sp³-hybridized carbons (Fsp3) is 0.316. The van der Waals surface area contributed by atoms with Gasteiger partial charge in [0.15, 0.2) is 6.10 Å². The molecule has 0 aliphatic carbocycles. The molecule has 1 aliphatic heterocycles. The van der Waals surface area contributed by atoms with Crippen molar-refractivity contribution in [2.45, 2.75) is 31.2 Å². The van der Waals surface area contributed by atoms with Crippen molar-refractivity contribution in [3.8, 4) is 11.8 Å². The number of amides is 1. The first-order chi connectivity index (χ1) is 14.7. The number of carboxylic acids is 1. The highest BCUT2D eigenvalue weighted by Gasteiger charge is 2.53. The summed E-state index contributed by atoms with van der Waals surface area (Å²) in [4.78, 5) is 23.8. The van der Waals surface area contributed by atoms with Gasteiger partial charge in [-0.3, -0.25) is 4.79 Å². The number of aromatic carboxylic acids is 1. The number of nitrogens with zero attached hydrogens (tertiary/aromatic N) is 2. The molecule has 13 heteroatoms. The number of furan rings is 1. The zero-order valence-corrected chi connectivity index (χ0v) is 17.3. The molecule has 32 heavy (non-hydrogen) atoms. The quantitative estimate of drug-likeness (QED) is 0.701. The van der Waals surface area contributed by atoms with E-state index >= 15 is 0 Å². The van der Waals surface area contributed by atoms with E-state index in [1.54, 1.807) is 0 Å². The van der Waals surface area contributed by atoms with Crippen molar-refractivity contribution >= 4 is 21.9 Å². The van der Waals surface area contributed by atoms with Crippen molar-refractivity contribution in [1.29, 1.82) is 5.26 Å². The normalized spacial score (nSPS) is 18.4. The third-order valence-corrected chi connectivity index (χ3v) is 6.36. The number of hydrogen-bond acceptors (Lipinski definition) is 7. The van der Waals surface area contributed by atoms with Gasteiger partial charge in [-0.05, 0) is 30.3 Å². The Hall–Kier alpha value is -3.53. The number of rotatable bonds is 5. The predicted molar refractivity (Wildman–Crippen MR) is 98.9 cm³/mol. The summed E-state index contributed by atoms with van der Waals surface area (Å²) < 4.78 is 75.9. The number of nitriles is 1. The zero-order chi connectivity index (χ0) is 24.1. The molecule has 0 spiro atoms. The molecule has 1 aromatic heterocycles. The second kappa shape index (κ2) is 7.56. The van der Waals surface area contributed by atoms with Crippen LogP contribution in [0.25, 0.3) is 0 Å². The lowest BCUT2D eigenvalue weighted by molar-refractivity contribution is -0.137. The van der Waals surface area contributed by atoms with E-state index in [1.165, 1.54) is 19.9 Å². The van der Waals surface area contributed by atoms with Gasteiger partial charge in [-0.25, -0.2) is 9.10 Å². The van der Waals surface area contributed by atoms with Crippen molar-refractivity contribution in [2.75, 3.05) is 6.54 Å². The minimum absolute atomic E-state index is 0.381. The van der Waals surface area contributed by atoms with Crippen molar-refractivity contribution in [2.24, 2.45) is 5.41 Å². The highest BCUT2D eigenvalue weighted by molar-refractivity contribution is 7.89. The van der Waals surface area contributed by atoms with Gasteiger partial charge in [0, 0.05) is 12.0 Å². The average Bonchev–Trinajstić information content (AvgIpc) is 3.27. The first kappa shape index (κ1) is 23.1. The van der Waals surface area contributed by atoms with E-state index in [2.05, 4.69) is 0 Å². The van der Waals surface area contributed by atoms with Gasteiger partial charge in [0.2, 0.25) is 10.9 Å². The van der Waals surface area contributed by atoms with Crippen LogP contribution in [-0.2, 0) is 21.0 Å². The van der Waals surface area contributed by atoms with Crippen LogP contribution in [0.1, 0.15) is 35.5 Å².